The van der Waals surface area contributed by atoms with Crippen LogP contribution < -0.4 is 4.74 Å². The van der Waals surface area contributed by atoms with Gasteiger partial charge in [-0.05, 0) is 18.1 Å². The van der Waals surface area contributed by atoms with Crippen molar-refractivity contribution in [2.45, 2.75) is 13.0 Å². The van der Waals surface area contributed by atoms with Crippen LogP contribution in [0.5, 0.6) is 5.88 Å². The van der Waals surface area contributed by atoms with E-state index in [-0.39, 0.29) is 11.9 Å². The van der Waals surface area contributed by atoms with Crippen molar-refractivity contribution in [1.29, 1.82) is 0 Å². The molecule has 1 heterocycles. The van der Waals surface area contributed by atoms with E-state index in [0.29, 0.717) is 0 Å². The maximum atomic E-state index is 10.9. The lowest BCUT2D eigenvalue weighted by Gasteiger charge is -2.21. The molecule has 5 heteroatoms. The number of hydrogen-bond acceptors (Lipinski definition) is 3. The van der Waals surface area contributed by atoms with Crippen LogP contribution in [0, 0.1) is 6.92 Å². The quantitative estimate of drug-likeness (QED) is 0.743. The second-order valence-corrected chi connectivity index (χ2v) is 5.23. The highest BCUT2D eigenvalue weighted by atomic mass is 16.7. The summed E-state index contributed by atoms with van der Waals surface area (Å²) in [5.74, 6) is 0.187. The van der Waals surface area contributed by atoms with E-state index in [4.69, 9.17) is 9.84 Å². The first kappa shape index (κ1) is 14.8. The van der Waals surface area contributed by atoms with Crippen LogP contribution in [0.4, 0.5) is 4.79 Å². The molecule has 0 aliphatic carbocycles. The number of carbonyl (C=O) groups is 1. The normalized spacial score (nSPS) is 11.9. The fourth-order valence-electron chi connectivity index (χ4n) is 2.55. The third-order valence-corrected chi connectivity index (χ3v) is 3.61. The highest BCUT2D eigenvalue weighted by molar-refractivity contribution is 5.60. The van der Waals surface area contributed by atoms with E-state index < -0.39 is 6.16 Å². The first-order valence-electron chi connectivity index (χ1n) is 7.19. The zero-order valence-electron chi connectivity index (χ0n) is 12.6. The molecule has 23 heavy (non-hydrogen) atoms. The van der Waals surface area contributed by atoms with E-state index in [9.17, 15) is 4.79 Å². The molecular formula is C18H16N2O3. The van der Waals surface area contributed by atoms with Crippen LogP contribution in [0.25, 0.3) is 0 Å². The number of aromatic nitrogens is 2. The van der Waals surface area contributed by atoms with Crippen molar-refractivity contribution < 1.29 is 14.6 Å². The van der Waals surface area contributed by atoms with Gasteiger partial charge in [-0.25, -0.2) is 9.78 Å². The first-order chi connectivity index (χ1) is 11.1. The Hall–Kier alpha value is -3.08. The van der Waals surface area contributed by atoms with Crippen LogP contribution >= 0.6 is 0 Å². The molecule has 3 aromatic rings. The van der Waals surface area contributed by atoms with E-state index in [1.807, 2.05) is 61.5 Å². The molecule has 0 bridgehead atoms. The third-order valence-electron chi connectivity index (χ3n) is 3.61. The Labute approximate surface area is 133 Å². The molecule has 2 aromatic carbocycles. The monoisotopic (exact) mass is 308 g/mol. The smallest absolute Gasteiger partial charge is 0.449 e. The molecule has 0 aliphatic heterocycles. The molecule has 1 unspecified atom stereocenters. The Bertz CT molecular complexity index is 795. The average Bonchev–Trinajstić information content (AvgIpc) is 2.98. The Morgan fingerprint density at radius 3 is 2.39 bits per heavy atom. The minimum Gasteiger partial charge on any atom is -0.449 e. The Kier molecular flexibility index (Phi) is 4.10. The predicted molar refractivity (Wildman–Crippen MR) is 85.7 cm³/mol. The Morgan fingerprint density at radius 2 is 1.74 bits per heavy atom. The van der Waals surface area contributed by atoms with Gasteiger partial charge in [0.25, 0.3) is 0 Å². The summed E-state index contributed by atoms with van der Waals surface area (Å²) in [6, 6.07) is 17.7. The number of rotatable bonds is 4. The van der Waals surface area contributed by atoms with Crippen molar-refractivity contribution >= 4 is 6.16 Å². The molecule has 0 fully saturated rings. The van der Waals surface area contributed by atoms with E-state index in [0.717, 1.165) is 16.7 Å². The lowest BCUT2D eigenvalue weighted by molar-refractivity contribution is 0.140. The van der Waals surface area contributed by atoms with Crippen LogP contribution in [0.3, 0.4) is 0 Å². The lowest BCUT2D eigenvalue weighted by atomic mass is 9.97. The standard InChI is InChI=1S/C18H16N2O3/c1-13-7-9-15(10-8-13)17(14-5-3-2-4-6-14)20-12-19-11-16(20)23-18(21)22/h2-12,17H,1H3,(H,21,22). The summed E-state index contributed by atoms with van der Waals surface area (Å²) in [6.07, 6.45) is 1.62. The topological polar surface area (TPSA) is 64.4 Å². The third kappa shape index (κ3) is 3.23. The number of ether oxygens (including phenoxy) is 1. The van der Waals surface area contributed by atoms with Crippen molar-refractivity contribution in [2.75, 3.05) is 0 Å². The number of aryl methyl sites for hydroxylation is 1. The lowest BCUT2D eigenvalue weighted by Crippen LogP contribution is -2.15. The van der Waals surface area contributed by atoms with E-state index in [2.05, 4.69) is 4.98 Å². The van der Waals surface area contributed by atoms with Crippen molar-refractivity contribution in [1.82, 2.24) is 9.55 Å². The molecule has 1 atom stereocenters. The van der Waals surface area contributed by atoms with Gasteiger partial charge in [-0.2, -0.15) is 0 Å². The van der Waals surface area contributed by atoms with Gasteiger partial charge in [0, 0.05) is 0 Å². The molecule has 3 rings (SSSR count). The van der Waals surface area contributed by atoms with Crippen LogP contribution in [-0.4, -0.2) is 20.8 Å². The summed E-state index contributed by atoms with van der Waals surface area (Å²) < 4.78 is 6.57. The zero-order valence-corrected chi connectivity index (χ0v) is 12.6. The molecule has 0 amide bonds. The summed E-state index contributed by atoms with van der Waals surface area (Å²) in [4.78, 5) is 14.9. The Balaban J connectivity index is 2.11. The fourth-order valence-corrected chi connectivity index (χ4v) is 2.55. The average molecular weight is 308 g/mol. The summed E-state index contributed by atoms with van der Waals surface area (Å²) in [5, 5.41) is 8.91. The summed E-state index contributed by atoms with van der Waals surface area (Å²) >= 11 is 0. The van der Waals surface area contributed by atoms with Gasteiger partial charge in [0.1, 0.15) is 0 Å². The molecule has 0 radical (unpaired) electrons. The second-order valence-electron chi connectivity index (χ2n) is 5.23. The van der Waals surface area contributed by atoms with Gasteiger partial charge in [-0.1, -0.05) is 60.2 Å². The number of hydrogen-bond donors (Lipinski definition) is 1. The zero-order chi connectivity index (χ0) is 16.2. The number of carboxylic acid groups (broad SMARTS) is 1. The minimum absolute atomic E-state index is 0.187. The second kappa shape index (κ2) is 6.36. The molecule has 0 saturated heterocycles. The largest absolute Gasteiger partial charge is 0.512 e. The molecule has 5 nitrogen and oxygen atoms in total. The molecular weight excluding hydrogens is 292 g/mol. The number of benzene rings is 2. The molecule has 1 N–H and O–H groups in total. The van der Waals surface area contributed by atoms with Gasteiger partial charge in [-0.3, -0.25) is 4.57 Å². The molecule has 116 valence electrons. The first-order valence-corrected chi connectivity index (χ1v) is 7.19. The van der Waals surface area contributed by atoms with E-state index in [1.165, 1.54) is 6.20 Å². The number of nitrogens with zero attached hydrogens (tertiary/aromatic N) is 2. The maximum absolute atomic E-state index is 10.9. The fraction of sp³-hybridized carbons (Fsp3) is 0.111. The molecule has 0 saturated carbocycles. The van der Waals surface area contributed by atoms with Crippen molar-refractivity contribution in [3.8, 4) is 5.88 Å². The van der Waals surface area contributed by atoms with Crippen molar-refractivity contribution in [2.24, 2.45) is 0 Å². The summed E-state index contributed by atoms with van der Waals surface area (Å²) in [6.45, 7) is 2.03. The minimum atomic E-state index is -1.36. The van der Waals surface area contributed by atoms with E-state index in [1.54, 1.807) is 10.9 Å². The SMILES string of the molecule is Cc1ccc(C(c2ccccc2)n2cncc2OC(=O)O)cc1. The van der Waals surface area contributed by atoms with E-state index >= 15 is 0 Å². The Morgan fingerprint density at radius 1 is 1.09 bits per heavy atom. The van der Waals surface area contributed by atoms with Crippen molar-refractivity contribution in [3.05, 3.63) is 83.8 Å². The van der Waals surface area contributed by atoms with Gasteiger partial charge >= 0.3 is 6.16 Å². The summed E-state index contributed by atoms with van der Waals surface area (Å²) in [5.41, 5.74) is 3.20. The maximum Gasteiger partial charge on any atom is 0.512 e. The van der Waals surface area contributed by atoms with Gasteiger partial charge in [0.05, 0.1) is 18.6 Å². The van der Waals surface area contributed by atoms with Gasteiger partial charge in [-0.15, -0.1) is 0 Å². The van der Waals surface area contributed by atoms with Crippen LogP contribution in [0.1, 0.15) is 22.7 Å². The molecule has 0 aliphatic rings. The predicted octanol–water partition coefficient (Wildman–Crippen LogP) is 3.89. The molecule has 0 spiro atoms. The number of imidazole rings is 1. The van der Waals surface area contributed by atoms with Crippen LogP contribution in [0.2, 0.25) is 0 Å². The molecule has 1 aromatic heterocycles. The van der Waals surface area contributed by atoms with Gasteiger partial charge in [0.2, 0.25) is 5.88 Å². The van der Waals surface area contributed by atoms with Gasteiger partial charge < -0.3 is 9.84 Å². The summed E-state index contributed by atoms with van der Waals surface area (Å²) in [7, 11) is 0. The van der Waals surface area contributed by atoms with Crippen LogP contribution in [0.15, 0.2) is 67.1 Å². The van der Waals surface area contributed by atoms with Gasteiger partial charge in [0.15, 0.2) is 0 Å². The highest BCUT2D eigenvalue weighted by Crippen LogP contribution is 2.30. The van der Waals surface area contributed by atoms with Crippen molar-refractivity contribution in [3.63, 3.8) is 0 Å². The van der Waals surface area contributed by atoms with Crippen LogP contribution in [-0.2, 0) is 0 Å². The highest BCUT2D eigenvalue weighted by Gasteiger charge is 2.20.